The summed E-state index contributed by atoms with van der Waals surface area (Å²) in [6, 6.07) is 12.0. The Morgan fingerprint density at radius 1 is 1.17 bits per heavy atom. The molecule has 1 aliphatic rings. The van der Waals surface area contributed by atoms with Crippen LogP contribution in [0.1, 0.15) is 12.0 Å². The smallest absolute Gasteiger partial charge is 0.378 e. The number of benzene rings is 2. The standard InChI is InChI=1S/C20H19F3N4O2S/c1-27(2)13-9-7-12(8-10-13)24-19-26-18(29)16(30-19)11-17(28)25-15-6-4-3-5-14(15)20(21,22)23/h3-10,16H,11H2,1-2H3,(H,25,28)(H,24,26,29). The van der Waals surface area contributed by atoms with Crippen LogP contribution in [0.4, 0.5) is 30.2 Å². The molecule has 0 bridgehead atoms. The summed E-state index contributed by atoms with van der Waals surface area (Å²) in [5.74, 6) is -1.10. The maximum Gasteiger partial charge on any atom is 0.418 e. The van der Waals surface area contributed by atoms with Gasteiger partial charge in [-0.05, 0) is 36.4 Å². The molecule has 2 aromatic rings. The number of carbonyl (C=O) groups is 2. The van der Waals surface area contributed by atoms with Crippen LogP contribution in [0.25, 0.3) is 0 Å². The molecule has 6 nitrogen and oxygen atoms in total. The summed E-state index contributed by atoms with van der Waals surface area (Å²) in [6.45, 7) is 0. The van der Waals surface area contributed by atoms with E-state index in [1.807, 2.05) is 31.1 Å². The Morgan fingerprint density at radius 3 is 2.47 bits per heavy atom. The minimum Gasteiger partial charge on any atom is -0.378 e. The molecule has 0 aliphatic carbocycles. The number of amides is 2. The van der Waals surface area contributed by atoms with Gasteiger partial charge >= 0.3 is 6.18 Å². The Kier molecular flexibility index (Phi) is 6.35. The van der Waals surface area contributed by atoms with Crippen molar-refractivity contribution in [3.8, 4) is 0 Å². The van der Waals surface area contributed by atoms with Crippen LogP contribution in [-0.4, -0.2) is 36.3 Å². The van der Waals surface area contributed by atoms with Gasteiger partial charge in [0, 0.05) is 26.2 Å². The van der Waals surface area contributed by atoms with Crippen molar-refractivity contribution in [1.29, 1.82) is 0 Å². The lowest BCUT2D eigenvalue weighted by atomic mass is 10.1. The molecule has 2 amide bonds. The molecule has 1 heterocycles. The number of para-hydroxylation sites is 1. The van der Waals surface area contributed by atoms with E-state index in [-0.39, 0.29) is 12.1 Å². The molecule has 1 saturated heterocycles. The number of nitrogens with one attached hydrogen (secondary N) is 2. The second-order valence-corrected chi connectivity index (χ2v) is 7.91. The Labute approximate surface area is 175 Å². The molecular formula is C20H19F3N4O2S. The van der Waals surface area contributed by atoms with Crippen LogP contribution >= 0.6 is 11.8 Å². The van der Waals surface area contributed by atoms with E-state index in [1.54, 1.807) is 12.1 Å². The fourth-order valence-electron chi connectivity index (χ4n) is 2.74. The Bertz CT molecular complexity index is 975. The predicted octanol–water partition coefficient (Wildman–Crippen LogP) is 4.02. The number of halogens is 3. The first kappa shape index (κ1) is 21.7. The van der Waals surface area contributed by atoms with E-state index < -0.39 is 28.8 Å². The van der Waals surface area contributed by atoms with Crippen molar-refractivity contribution in [3.05, 3.63) is 54.1 Å². The molecule has 1 unspecified atom stereocenters. The maximum atomic E-state index is 13.1. The number of carbonyl (C=O) groups excluding carboxylic acids is 2. The van der Waals surface area contributed by atoms with Crippen LogP contribution in [-0.2, 0) is 15.8 Å². The third-order valence-electron chi connectivity index (χ3n) is 4.25. The van der Waals surface area contributed by atoms with Gasteiger partial charge in [0.1, 0.15) is 5.25 Å². The average molecular weight is 436 g/mol. The highest BCUT2D eigenvalue weighted by Gasteiger charge is 2.35. The number of hydrogen-bond donors (Lipinski definition) is 2. The highest BCUT2D eigenvalue weighted by molar-refractivity contribution is 8.15. The molecule has 0 spiro atoms. The van der Waals surface area contributed by atoms with Gasteiger partial charge in [-0.3, -0.25) is 9.59 Å². The van der Waals surface area contributed by atoms with Gasteiger partial charge in [0.25, 0.3) is 0 Å². The normalized spacial score (nSPS) is 17.7. The topological polar surface area (TPSA) is 73.8 Å². The number of alkyl halides is 3. The van der Waals surface area contributed by atoms with Gasteiger partial charge in [0.15, 0.2) is 5.17 Å². The molecule has 0 saturated carbocycles. The van der Waals surface area contributed by atoms with Crippen molar-refractivity contribution in [2.75, 3.05) is 24.3 Å². The van der Waals surface area contributed by atoms with E-state index in [0.29, 0.717) is 10.9 Å². The van der Waals surface area contributed by atoms with Gasteiger partial charge in [-0.15, -0.1) is 0 Å². The van der Waals surface area contributed by atoms with Crippen LogP contribution < -0.4 is 15.5 Å². The number of rotatable bonds is 5. The van der Waals surface area contributed by atoms with Crippen molar-refractivity contribution in [3.63, 3.8) is 0 Å². The zero-order valence-corrected chi connectivity index (χ0v) is 17.0. The summed E-state index contributed by atoms with van der Waals surface area (Å²) in [4.78, 5) is 30.7. The molecule has 10 heteroatoms. The minimum atomic E-state index is -4.59. The summed E-state index contributed by atoms with van der Waals surface area (Å²) in [5.41, 5.74) is 0.349. The molecule has 158 valence electrons. The molecule has 1 aliphatic heterocycles. The second kappa shape index (κ2) is 8.78. The zero-order valence-electron chi connectivity index (χ0n) is 16.2. The second-order valence-electron chi connectivity index (χ2n) is 6.72. The summed E-state index contributed by atoms with van der Waals surface area (Å²) in [5, 5.41) is 4.41. The zero-order chi connectivity index (χ0) is 21.9. The Hall–Kier alpha value is -3.01. The lowest BCUT2D eigenvalue weighted by Crippen LogP contribution is -2.28. The van der Waals surface area contributed by atoms with Crippen molar-refractivity contribution in [2.24, 2.45) is 4.99 Å². The van der Waals surface area contributed by atoms with E-state index in [2.05, 4.69) is 15.6 Å². The average Bonchev–Trinajstić information content (AvgIpc) is 3.00. The Balaban J connectivity index is 1.64. The van der Waals surface area contributed by atoms with E-state index >= 15 is 0 Å². The number of thioether (sulfide) groups is 1. The third kappa shape index (κ3) is 5.32. The van der Waals surface area contributed by atoms with Crippen LogP contribution in [0.2, 0.25) is 0 Å². The quantitative estimate of drug-likeness (QED) is 0.743. The molecule has 2 N–H and O–H groups in total. The summed E-state index contributed by atoms with van der Waals surface area (Å²) in [7, 11) is 3.83. The number of aliphatic imine (C=N–C) groups is 1. The molecule has 30 heavy (non-hydrogen) atoms. The van der Waals surface area contributed by atoms with Crippen LogP contribution in [0.3, 0.4) is 0 Å². The van der Waals surface area contributed by atoms with E-state index in [9.17, 15) is 22.8 Å². The largest absolute Gasteiger partial charge is 0.418 e. The fraction of sp³-hybridized carbons (Fsp3) is 0.250. The maximum absolute atomic E-state index is 13.1. The van der Waals surface area contributed by atoms with Gasteiger partial charge in [-0.2, -0.15) is 13.2 Å². The highest BCUT2D eigenvalue weighted by Crippen LogP contribution is 2.35. The number of hydrogen-bond acceptors (Lipinski definition) is 5. The van der Waals surface area contributed by atoms with Crippen LogP contribution in [0.5, 0.6) is 0 Å². The molecule has 0 aromatic heterocycles. The monoisotopic (exact) mass is 436 g/mol. The van der Waals surface area contributed by atoms with Crippen molar-refractivity contribution >= 4 is 45.8 Å². The first-order valence-corrected chi connectivity index (χ1v) is 9.81. The Morgan fingerprint density at radius 2 is 1.83 bits per heavy atom. The fourth-order valence-corrected chi connectivity index (χ4v) is 3.73. The first-order valence-electron chi connectivity index (χ1n) is 8.93. The summed E-state index contributed by atoms with van der Waals surface area (Å²) < 4.78 is 39.2. The molecule has 1 atom stereocenters. The van der Waals surface area contributed by atoms with Gasteiger partial charge in [-0.1, -0.05) is 23.9 Å². The lowest BCUT2D eigenvalue weighted by Gasteiger charge is -2.14. The van der Waals surface area contributed by atoms with Crippen molar-refractivity contribution < 1.29 is 22.8 Å². The molecule has 1 fully saturated rings. The van der Waals surface area contributed by atoms with Gasteiger partial charge < -0.3 is 15.5 Å². The first-order chi connectivity index (χ1) is 14.1. The van der Waals surface area contributed by atoms with Gasteiger partial charge in [0.05, 0.1) is 16.9 Å². The van der Waals surface area contributed by atoms with E-state index in [0.717, 1.165) is 23.5 Å². The molecular weight excluding hydrogens is 417 g/mol. The summed E-state index contributed by atoms with van der Waals surface area (Å²) >= 11 is 1.07. The molecule has 2 aromatic carbocycles. The van der Waals surface area contributed by atoms with E-state index in [4.69, 9.17) is 0 Å². The molecule has 0 radical (unpaired) electrons. The van der Waals surface area contributed by atoms with Crippen molar-refractivity contribution in [2.45, 2.75) is 17.8 Å². The SMILES string of the molecule is CN(C)c1ccc(N=C2NC(=O)C(CC(=O)Nc3ccccc3C(F)(F)F)S2)cc1. The van der Waals surface area contributed by atoms with Crippen LogP contribution in [0.15, 0.2) is 53.5 Å². The summed E-state index contributed by atoms with van der Waals surface area (Å²) in [6.07, 6.45) is -4.87. The highest BCUT2D eigenvalue weighted by atomic mass is 32.2. The van der Waals surface area contributed by atoms with Crippen molar-refractivity contribution in [1.82, 2.24) is 5.32 Å². The third-order valence-corrected chi connectivity index (χ3v) is 5.33. The van der Waals surface area contributed by atoms with E-state index in [1.165, 1.54) is 18.2 Å². The lowest BCUT2D eigenvalue weighted by molar-refractivity contribution is -0.137. The number of anilines is 2. The number of nitrogens with zero attached hydrogens (tertiary/aromatic N) is 2. The van der Waals surface area contributed by atoms with Gasteiger partial charge in [0.2, 0.25) is 11.8 Å². The van der Waals surface area contributed by atoms with Crippen LogP contribution in [0, 0.1) is 0 Å². The van der Waals surface area contributed by atoms with Gasteiger partial charge in [-0.25, -0.2) is 4.99 Å². The number of amidine groups is 1. The predicted molar refractivity (Wildman–Crippen MR) is 112 cm³/mol. The minimum absolute atomic E-state index is 0.277. The molecule has 3 rings (SSSR count).